The highest BCUT2D eigenvalue weighted by atomic mass is 16.5. The maximum atomic E-state index is 10.6. The fourth-order valence-corrected chi connectivity index (χ4v) is 12.8. The highest BCUT2D eigenvalue weighted by Gasteiger charge is 2.39. The predicted molar refractivity (Wildman–Crippen MR) is 367 cm³/mol. The number of hydrogen-bond acceptors (Lipinski definition) is 4. The van der Waals surface area contributed by atoms with Gasteiger partial charge in [-0.1, -0.05) is 215 Å². The number of fused-ring (bicyclic) bond motifs is 5. The van der Waals surface area contributed by atoms with Crippen LogP contribution in [0.2, 0.25) is 0 Å². The second-order valence-corrected chi connectivity index (χ2v) is 26.6. The van der Waals surface area contributed by atoms with Crippen molar-refractivity contribution in [3.05, 3.63) is 265 Å². The van der Waals surface area contributed by atoms with Crippen molar-refractivity contribution in [3.8, 4) is 73.0 Å². The van der Waals surface area contributed by atoms with Gasteiger partial charge in [0.05, 0.1) is 44.5 Å². The lowest BCUT2D eigenvalue weighted by atomic mass is 9.63. The minimum Gasteiger partial charge on any atom is -0.457 e. The highest BCUT2D eigenvalue weighted by Crippen LogP contribution is 2.54. The van der Waals surface area contributed by atoms with Gasteiger partial charge >= 0.3 is 0 Å². The van der Waals surface area contributed by atoms with Crippen LogP contribution in [0.3, 0.4) is 0 Å². The molecule has 5 nitrogen and oxygen atoms in total. The molecule has 1 aliphatic carbocycles. The number of aromatic nitrogens is 2. The smallest absolute Gasteiger partial charge is 0.137 e. The first-order chi connectivity index (χ1) is 46.9. The lowest BCUT2D eigenvalue weighted by molar-refractivity contribution is 0.332. The Bertz CT molecular complexity index is 5260. The molecule has 10 aromatic carbocycles. The second-order valence-electron chi connectivity index (χ2n) is 26.6. The molecule has 14 rings (SSSR count). The van der Waals surface area contributed by atoms with Gasteiger partial charge in [0.2, 0.25) is 0 Å². The van der Waals surface area contributed by atoms with Crippen LogP contribution in [-0.4, -0.2) is 16.2 Å². The quantitative estimate of drug-likeness (QED) is 0.137. The van der Waals surface area contributed by atoms with E-state index in [2.05, 4.69) is 149 Å². The van der Waals surface area contributed by atoms with Crippen LogP contribution in [0.1, 0.15) is 121 Å². The monoisotopic (exact) mass is 1140 g/mol. The summed E-state index contributed by atoms with van der Waals surface area (Å²) in [6.07, 6.45) is 3.13. The van der Waals surface area contributed by atoms with Gasteiger partial charge in [-0.15, -0.1) is 0 Å². The van der Waals surface area contributed by atoms with Gasteiger partial charge in [-0.3, -0.25) is 4.57 Å². The van der Waals surface area contributed by atoms with Crippen LogP contribution in [0.15, 0.2) is 242 Å². The lowest BCUT2D eigenvalue weighted by Crippen LogP contribution is -2.33. The molecule has 12 aromatic rings. The molecule has 0 amide bonds. The topological polar surface area (TPSA) is 33.5 Å². The molecule has 2 aromatic heterocycles. The van der Waals surface area contributed by atoms with E-state index in [0.29, 0.717) is 44.7 Å². The zero-order valence-electron chi connectivity index (χ0n) is 63.0. The lowest BCUT2D eigenvalue weighted by Gasteiger charge is -2.42. The summed E-state index contributed by atoms with van der Waals surface area (Å²) in [5.74, 6) is 1.14. The van der Waals surface area contributed by atoms with Gasteiger partial charge in [-0.2, -0.15) is 0 Å². The average molecular weight is 1150 g/mol. The van der Waals surface area contributed by atoms with E-state index in [4.69, 9.17) is 19.3 Å². The van der Waals surface area contributed by atoms with Gasteiger partial charge in [-0.25, -0.2) is 4.98 Å². The summed E-state index contributed by atoms with van der Waals surface area (Å²) in [4.78, 5) is 9.45. The molecule has 0 radical (unpaired) electrons. The fourth-order valence-electron chi connectivity index (χ4n) is 12.8. The van der Waals surface area contributed by atoms with E-state index in [-0.39, 0.29) is 71.2 Å². The molecule has 2 aliphatic rings. The number of pyridine rings is 1. The van der Waals surface area contributed by atoms with Gasteiger partial charge in [0.25, 0.3) is 0 Å². The van der Waals surface area contributed by atoms with E-state index in [1.54, 1.807) is 28.8 Å². The highest BCUT2D eigenvalue weighted by molar-refractivity contribution is 6.09. The Hall–Kier alpha value is -9.45. The van der Waals surface area contributed by atoms with Gasteiger partial charge < -0.3 is 14.5 Å². The molecular formula is C82H76N4O. The molecule has 0 atom stereocenters. The van der Waals surface area contributed by atoms with Gasteiger partial charge in [0.15, 0.2) is 0 Å². The molecule has 0 N–H and O–H groups in total. The number of nitrogens with zero attached hydrogens (tertiary/aromatic N) is 4. The molecule has 430 valence electrons. The van der Waals surface area contributed by atoms with E-state index in [0.717, 1.165) is 85.7 Å². The van der Waals surface area contributed by atoms with Crippen LogP contribution in [0.5, 0.6) is 11.5 Å². The Morgan fingerprint density at radius 1 is 0.460 bits per heavy atom. The summed E-state index contributed by atoms with van der Waals surface area (Å²) in [6, 6.07) is 52.1. The number of para-hydroxylation sites is 3. The number of benzene rings is 10. The summed E-state index contributed by atoms with van der Waals surface area (Å²) in [5.41, 5.74) is 12.7. The predicted octanol–water partition coefficient (Wildman–Crippen LogP) is 22.5. The van der Waals surface area contributed by atoms with E-state index in [1.807, 2.05) is 69.3 Å². The summed E-state index contributed by atoms with van der Waals surface area (Å²) < 4.78 is 119. The van der Waals surface area contributed by atoms with E-state index in [1.165, 1.54) is 6.20 Å². The van der Waals surface area contributed by atoms with Crippen molar-refractivity contribution in [1.82, 2.24) is 9.55 Å². The Balaban J connectivity index is 0.941. The molecule has 0 saturated carbocycles. The van der Waals surface area contributed by atoms with Crippen molar-refractivity contribution < 1.29 is 21.2 Å². The maximum absolute atomic E-state index is 10.6. The summed E-state index contributed by atoms with van der Waals surface area (Å²) in [5, 5.41) is 0.780. The normalized spacial score (nSPS) is 16.5. The fraction of sp³-hybridized carbons (Fsp3) is 0.207. The van der Waals surface area contributed by atoms with Crippen molar-refractivity contribution in [2.45, 2.75) is 104 Å². The number of ether oxygens (including phenoxy) is 1. The van der Waals surface area contributed by atoms with Crippen LogP contribution in [0.4, 0.5) is 22.7 Å². The molecule has 0 fully saturated rings. The van der Waals surface area contributed by atoms with Crippen LogP contribution in [0.25, 0.3) is 83.3 Å². The molecule has 0 bridgehead atoms. The minimum absolute atomic E-state index is 0.00345. The largest absolute Gasteiger partial charge is 0.457 e. The van der Waals surface area contributed by atoms with Crippen molar-refractivity contribution in [2.75, 3.05) is 16.5 Å². The molecule has 1 aliphatic heterocycles. The van der Waals surface area contributed by atoms with E-state index < -0.39 is 51.9 Å². The van der Waals surface area contributed by atoms with Crippen LogP contribution < -0.4 is 14.5 Å². The van der Waals surface area contributed by atoms with Gasteiger partial charge in [-0.05, 0) is 175 Å². The standard InChI is InChI=1S/C82H76N4O/c1-79(2,3)61-47-67(57-37-40-70-72(46-57)82(9,10)42-41-81(70,7)8)78(68(48-61)60-44-58(54-25-14-11-15-26-54)43-59(45-60)55-27-16-12-17-28-55)85-53-84(74-35-22-23-36-75(74)85)62-31-24-32-63(49-62)87-64-38-39-66-65-33-20-21-34-73(65)86(76(66)50-64)77-51-71(80(4,5)6)69(52-83-77)56-29-18-13-19-30-56/h11-40,43-52H,41-42,53H2,1-10H3/i13D,18D,19D,20D,21D,29D,30D,33D,34D,37D,40D,46D. The molecule has 0 spiro atoms. The first kappa shape index (κ1) is 43.2. The van der Waals surface area contributed by atoms with Gasteiger partial charge in [0.1, 0.15) is 24.0 Å². The third-order valence-electron chi connectivity index (χ3n) is 17.7. The molecule has 0 saturated heterocycles. The van der Waals surface area contributed by atoms with E-state index >= 15 is 0 Å². The van der Waals surface area contributed by atoms with E-state index in [9.17, 15) is 6.85 Å². The maximum Gasteiger partial charge on any atom is 0.137 e. The first-order valence-corrected chi connectivity index (χ1v) is 30.0. The van der Waals surface area contributed by atoms with Crippen molar-refractivity contribution >= 4 is 44.6 Å². The number of anilines is 4. The zero-order chi connectivity index (χ0) is 70.4. The Kier molecular flexibility index (Phi) is 10.5. The van der Waals surface area contributed by atoms with Crippen molar-refractivity contribution in [3.63, 3.8) is 0 Å². The minimum atomic E-state index is -0.692. The van der Waals surface area contributed by atoms with Gasteiger partial charge in [0, 0.05) is 51.5 Å². The number of rotatable bonds is 10. The Labute approximate surface area is 531 Å². The first-order valence-electron chi connectivity index (χ1n) is 36.0. The summed E-state index contributed by atoms with van der Waals surface area (Å²) >= 11 is 0. The van der Waals surface area contributed by atoms with Crippen LogP contribution in [-0.2, 0) is 21.7 Å². The summed E-state index contributed by atoms with van der Waals surface area (Å²) in [7, 11) is 0. The molecule has 5 heteroatoms. The van der Waals surface area contributed by atoms with Crippen molar-refractivity contribution in [2.24, 2.45) is 0 Å². The number of hydrogen-bond donors (Lipinski definition) is 0. The molecule has 3 heterocycles. The average Bonchev–Trinajstić information content (AvgIpc) is 1.70. The van der Waals surface area contributed by atoms with Crippen LogP contribution in [0, 0.1) is 0 Å². The second kappa shape index (κ2) is 21.2. The third-order valence-corrected chi connectivity index (χ3v) is 17.7. The SMILES string of the molecule is [2H]c1c([2H])c([2H])c(-c2cnc(-n3c4cc(Oc5cccc(N6CN(c7c(-c8cc(-c9ccccc9)cc(-c9ccccc9)c8)cc(C(C)(C)C)cc7-c7c([2H])c([2H])c8c(c7[2H])C(C)(C)CCC8(C)C)c7ccccc76)c5)ccc4c4c([2H])c([2H])c([2H])c([2H])c43)cc2C(C)(C)C)c([2H])c1[2H]. The third kappa shape index (κ3) is 10.2. The zero-order valence-corrected chi connectivity index (χ0v) is 51.0. The van der Waals surface area contributed by atoms with Crippen LogP contribution >= 0.6 is 0 Å². The summed E-state index contributed by atoms with van der Waals surface area (Å²) in [6.45, 7) is 21.4. The Morgan fingerprint density at radius 3 is 1.75 bits per heavy atom. The molecule has 0 unspecified atom stereocenters. The van der Waals surface area contributed by atoms with Crippen molar-refractivity contribution in [1.29, 1.82) is 0 Å². The molecule has 87 heavy (non-hydrogen) atoms. The Morgan fingerprint density at radius 2 is 1.07 bits per heavy atom. The molecular weight excluding hydrogens is 1060 g/mol.